The molecule has 0 atom stereocenters. The minimum Gasteiger partial charge on any atom is -0.308 e. The lowest BCUT2D eigenvalue weighted by Crippen LogP contribution is -2.13. The third kappa shape index (κ3) is 5.34. The number of aromatic nitrogens is 4. The highest BCUT2D eigenvalue weighted by Gasteiger charge is 2.14. The third-order valence-corrected chi connectivity index (χ3v) is 5.73. The van der Waals surface area contributed by atoms with E-state index in [1.165, 1.54) is 23.3 Å². The van der Waals surface area contributed by atoms with Gasteiger partial charge in [-0.1, -0.05) is 42.5 Å². The quantitative estimate of drug-likeness (QED) is 0.245. The van der Waals surface area contributed by atoms with Crippen molar-refractivity contribution >= 4 is 5.69 Å². The van der Waals surface area contributed by atoms with Crippen LogP contribution in [0.15, 0.2) is 104 Å². The first-order valence-corrected chi connectivity index (χ1v) is 11.3. The molecule has 5 aromatic rings. The number of hydrogen-bond acceptors (Lipinski definition) is 5. The average Bonchev–Trinajstić information content (AvgIpc) is 3.56. The molecule has 0 spiro atoms. The molecular formula is C27H24N6O2. The van der Waals surface area contributed by atoms with Crippen molar-refractivity contribution < 1.29 is 4.92 Å². The molecule has 0 saturated carbocycles. The summed E-state index contributed by atoms with van der Waals surface area (Å²) in [6.45, 7) is 2.06. The SMILES string of the molecule is O=[N+]([O-])c1ccc(-c2nn(-c3ccccc3)cc2CNCc2ccc(Cn3cccn3)cc2)cc1. The largest absolute Gasteiger partial charge is 0.308 e. The molecule has 5 rings (SSSR count). The zero-order valence-corrected chi connectivity index (χ0v) is 19.0. The summed E-state index contributed by atoms with van der Waals surface area (Å²) in [6, 6.07) is 26.8. The van der Waals surface area contributed by atoms with Gasteiger partial charge in [-0.3, -0.25) is 14.8 Å². The molecule has 0 aliphatic heterocycles. The molecule has 0 bridgehead atoms. The molecule has 0 radical (unpaired) electrons. The Bertz CT molecular complexity index is 1390. The van der Waals surface area contributed by atoms with E-state index in [1.54, 1.807) is 18.3 Å². The lowest BCUT2D eigenvalue weighted by molar-refractivity contribution is -0.384. The molecule has 35 heavy (non-hydrogen) atoms. The number of para-hydroxylation sites is 1. The standard InChI is InChI=1S/C27H24N6O2/c34-33(35)26-13-11-23(12-14-26)27-24(20-32(30-27)25-5-2-1-3-6-25)18-28-17-21-7-9-22(10-8-21)19-31-16-4-15-29-31/h1-16,20,28H,17-19H2. The molecule has 0 unspecified atom stereocenters. The van der Waals surface area contributed by atoms with E-state index in [2.05, 4.69) is 34.7 Å². The maximum Gasteiger partial charge on any atom is 0.269 e. The van der Waals surface area contributed by atoms with Crippen LogP contribution in [0.4, 0.5) is 5.69 Å². The number of hydrogen-bond donors (Lipinski definition) is 1. The van der Waals surface area contributed by atoms with Gasteiger partial charge in [-0.15, -0.1) is 0 Å². The van der Waals surface area contributed by atoms with E-state index < -0.39 is 4.92 Å². The van der Waals surface area contributed by atoms with Gasteiger partial charge in [0, 0.05) is 54.9 Å². The fraction of sp³-hybridized carbons (Fsp3) is 0.111. The van der Waals surface area contributed by atoms with Crippen molar-refractivity contribution in [2.75, 3.05) is 0 Å². The topological polar surface area (TPSA) is 90.8 Å². The summed E-state index contributed by atoms with van der Waals surface area (Å²) in [5, 5.41) is 23.6. The van der Waals surface area contributed by atoms with Crippen LogP contribution in [-0.4, -0.2) is 24.5 Å². The van der Waals surface area contributed by atoms with Gasteiger partial charge >= 0.3 is 0 Å². The number of benzene rings is 3. The van der Waals surface area contributed by atoms with E-state index in [1.807, 2.05) is 58.2 Å². The molecule has 3 aromatic carbocycles. The molecule has 8 heteroatoms. The van der Waals surface area contributed by atoms with Crippen LogP contribution < -0.4 is 5.32 Å². The van der Waals surface area contributed by atoms with Gasteiger partial charge in [-0.2, -0.15) is 10.2 Å². The third-order valence-electron chi connectivity index (χ3n) is 5.73. The summed E-state index contributed by atoms with van der Waals surface area (Å²) in [5.41, 5.74) is 6.04. The Morgan fingerprint density at radius 1 is 0.857 bits per heavy atom. The van der Waals surface area contributed by atoms with Crippen LogP contribution >= 0.6 is 0 Å². The first-order chi connectivity index (χ1) is 17.2. The van der Waals surface area contributed by atoms with Crippen LogP contribution in [0.3, 0.4) is 0 Å². The molecule has 0 aliphatic rings. The maximum absolute atomic E-state index is 11.1. The van der Waals surface area contributed by atoms with Crippen molar-refractivity contribution in [1.82, 2.24) is 24.9 Å². The monoisotopic (exact) mass is 464 g/mol. The van der Waals surface area contributed by atoms with Crippen molar-refractivity contribution in [3.8, 4) is 16.9 Å². The van der Waals surface area contributed by atoms with E-state index in [-0.39, 0.29) is 5.69 Å². The van der Waals surface area contributed by atoms with Crippen molar-refractivity contribution in [2.45, 2.75) is 19.6 Å². The van der Waals surface area contributed by atoms with Gasteiger partial charge in [-0.05, 0) is 41.5 Å². The Kier molecular flexibility index (Phi) is 6.45. The van der Waals surface area contributed by atoms with Crippen molar-refractivity contribution in [3.05, 3.63) is 130 Å². The summed E-state index contributed by atoms with van der Waals surface area (Å²) in [7, 11) is 0. The number of nitrogens with zero attached hydrogens (tertiary/aromatic N) is 5. The molecule has 0 fully saturated rings. The lowest BCUT2D eigenvalue weighted by Gasteiger charge is -2.07. The van der Waals surface area contributed by atoms with Crippen LogP contribution in [-0.2, 0) is 19.6 Å². The average molecular weight is 465 g/mol. The first-order valence-electron chi connectivity index (χ1n) is 11.3. The van der Waals surface area contributed by atoms with Crippen molar-refractivity contribution in [1.29, 1.82) is 0 Å². The van der Waals surface area contributed by atoms with Crippen LogP contribution in [0.2, 0.25) is 0 Å². The van der Waals surface area contributed by atoms with Crippen LogP contribution in [0.25, 0.3) is 16.9 Å². The highest BCUT2D eigenvalue weighted by molar-refractivity contribution is 5.64. The van der Waals surface area contributed by atoms with Crippen LogP contribution in [0.1, 0.15) is 16.7 Å². The minimum absolute atomic E-state index is 0.0620. The number of nitro groups is 1. The van der Waals surface area contributed by atoms with Gasteiger partial charge in [0.15, 0.2) is 0 Å². The van der Waals surface area contributed by atoms with Gasteiger partial charge in [0.05, 0.1) is 22.8 Å². The van der Waals surface area contributed by atoms with Gasteiger partial charge in [0.25, 0.3) is 5.69 Å². The van der Waals surface area contributed by atoms with E-state index in [0.29, 0.717) is 13.1 Å². The van der Waals surface area contributed by atoms with Gasteiger partial charge in [0.2, 0.25) is 0 Å². The molecule has 174 valence electrons. The Labute approximate surface area is 202 Å². The number of rotatable bonds is 9. The van der Waals surface area contributed by atoms with E-state index in [9.17, 15) is 10.1 Å². The summed E-state index contributed by atoms with van der Waals surface area (Å²) >= 11 is 0. The predicted molar refractivity (Wildman–Crippen MR) is 134 cm³/mol. The molecule has 8 nitrogen and oxygen atoms in total. The summed E-state index contributed by atoms with van der Waals surface area (Å²) in [4.78, 5) is 10.7. The Balaban J connectivity index is 1.31. The molecule has 2 aromatic heterocycles. The zero-order chi connectivity index (χ0) is 24.0. The second-order valence-corrected chi connectivity index (χ2v) is 8.21. The van der Waals surface area contributed by atoms with Crippen LogP contribution in [0, 0.1) is 10.1 Å². The Morgan fingerprint density at radius 2 is 1.60 bits per heavy atom. The van der Waals surface area contributed by atoms with E-state index >= 15 is 0 Å². The van der Waals surface area contributed by atoms with Gasteiger partial charge in [0.1, 0.15) is 0 Å². The second kappa shape index (κ2) is 10.1. The highest BCUT2D eigenvalue weighted by atomic mass is 16.6. The Morgan fingerprint density at radius 3 is 2.29 bits per heavy atom. The summed E-state index contributed by atoms with van der Waals surface area (Å²) in [6.07, 6.45) is 5.74. The number of nitrogens with one attached hydrogen (secondary N) is 1. The smallest absolute Gasteiger partial charge is 0.269 e. The molecule has 1 N–H and O–H groups in total. The van der Waals surface area contributed by atoms with Gasteiger partial charge in [-0.25, -0.2) is 4.68 Å². The molecule has 0 aliphatic carbocycles. The molecule has 0 saturated heterocycles. The Hall–Kier alpha value is -4.56. The molecule has 0 amide bonds. The number of non-ortho nitro benzene ring substituents is 1. The number of nitro benzene ring substituents is 1. The minimum atomic E-state index is -0.394. The lowest BCUT2D eigenvalue weighted by atomic mass is 10.1. The first kappa shape index (κ1) is 22.2. The summed E-state index contributed by atoms with van der Waals surface area (Å²) in [5.74, 6) is 0. The second-order valence-electron chi connectivity index (χ2n) is 8.21. The van der Waals surface area contributed by atoms with Crippen molar-refractivity contribution in [2.24, 2.45) is 0 Å². The van der Waals surface area contributed by atoms with Crippen LogP contribution in [0.5, 0.6) is 0 Å². The highest BCUT2D eigenvalue weighted by Crippen LogP contribution is 2.26. The fourth-order valence-corrected chi connectivity index (χ4v) is 3.92. The molecule has 2 heterocycles. The fourth-order valence-electron chi connectivity index (χ4n) is 3.92. The predicted octanol–water partition coefficient (Wildman–Crippen LogP) is 4.98. The maximum atomic E-state index is 11.1. The van der Waals surface area contributed by atoms with Gasteiger partial charge < -0.3 is 5.32 Å². The van der Waals surface area contributed by atoms with E-state index in [0.717, 1.165) is 29.1 Å². The normalized spacial score (nSPS) is 11.0. The zero-order valence-electron chi connectivity index (χ0n) is 19.0. The van der Waals surface area contributed by atoms with Crippen molar-refractivity contribution in [3.63, 3.8) is 0 Å². The van der Waals surface area contributed by atoms with E-state index in [4.69, 9.17) is 5.10 Å². The molecular weight excluding hydrogens is 440 g/mol. The summed E-state index contributed by atoms with van der Waals surface area (Å²) < 4.78 is 3.75.